The number of hydrogen-bond donors (Lipinski definition) is 1. The Kier molecular flexibility index (Phi) is 6.22. The van der Waals surface area contributed by atoms with Gasteiger partial charge in [0.25, 0.3) is 0 Å². The molecule has 2 amide bonds. The number of fused-ring (bicyclic) bond motifs is 1. The summed E-state index contributed by atoms with van der Waals surface area (Å²) < 4.78 is 5.47. The van der Waals surface area contributed by atoms with Crippen LogP contribution in [-0.2, 0) is 22.5 Å². The van der Waals surface area contributed by atoms with Crippen LogP contribution in [0, 0.1) is 11.3 Å². The molecule has 0 unspecified atom stereocenters. The van der Waals surface area contributed by atoms with E-state index in [0.717, 1.165) is 17.5 Å². The van der Waals surface area contributed by atoms with Gasteiger partial charge >= 0.3 is 6.09 Å². The Balaban J connectivity index is 1.66. The summed E-state index contributed by atoms with van der Waals surface area (Å²) in [7, 11) is 0. The van der Waals surface area contributed by atoms with Crippen molar-refractivity contribution < 1.29 is 14.3 Å². The molecule has 0 atom stereocenters. The van der Waals surface area contributed by atoms with E-state index in [0.29, 0.717) is 24.3 Å². The molecule has 1 heterocycles. The van der Waals surface area contributed by atoms with Crippen LogP contribution in [-0.4, -0.2) is 29.0 Å². The second-order valence-electron chi connectivity index (χ2n) is 8.20. The van der Waals surface area contributed by atoms with Gasteiger partial charge in [-0.3, -0.25) is 4.79 Å². The van der Waals surface area contributed by atoms with Gasteiger partial charge < -0.3 is 15.0 Å². The molecule has 0 saturated heterocycles. The predicted octanol–water partition coefficient (Wildman–Crippen LogP) is 4.50. The second-order valence-corrected chi connectivity index (χ2v) is 8.20. The summed E-state index contributed by atoms with van der Waals surface area (Å²) in [4.78, 5) is 26.3. The number of nitrogens with zero attached hydrogens (tertiary/aromatic N) is 2. The molecule has 0 fully saturated rings. The number of carbonyl (C=O) groups excluding carboxylic acids is 2. The van der Waals surface area contributed by atoms with E-state index in [1.165, 1.54) is 11.6 Å². The largest absolute Gasteiger partial charge is 0.444 e. The maximum absolute atomic E-state index is 12.4. The quantitative estimate of drug-likeness (QED) is 0.765. The number of ether oxygens (including phenoxy) is 1. The van der Waals surface area contributed by atoms with Crippen molar-refractivity contribution in [2.75, 3.05) is 11.9 Å². The van der Waals surface area contributed by atoms with Crippen LogP contribution < -0.4 is 5.32 Å². The molecule has 1 aliphatic rings. The molecule has 0 saturated carbocycles. The summed E-state index contributed by atoms with van der Waals surface area (Å²) in [6.07, 6.45) is 3.65. The maximum Gasteiger partial charge on any atom is 0.410 e. The lowest BCUT2D eigenvalue weighted by atomic mass is 9.97. The third-order valence-corrected chi connectivity index (χ3v) is 4.58. The number of hydrogen-bond acceptors (Lipinski definition) is 4. The van der Waals surface area contributed by atoms with Gasteiger partial charge in [0.2, 0.25) is 5.91 Å². The van der Waals surface area contributed by atoms with Gasteiger partial charge in [-0.25, -0.2) is 4.79 Å². The highest BCUT2D eigenvalue weighted by Crippen LogP contribution is 2.23. The van der Waals surface area contributed by atoms with Gasteiger partial charge in [-0.1, -0.05) is 18.2 Å². The molecule has 6 nitrogen and oxygen atoms in total. The first-order valence-corrected chi connectivity index (χ1v) is 9.82. The summed E-state index contributed by atoms with van der Waals surface area (Å²) in [6, 6.07) is 14.8. The van der Waals surface area contributed by atoms with Gasteiger partial charge in [0, 0.05) is 24.9 Å². The summed E-state index contributed by atoms with van der Waals surface area (Å²) in [5.74, 6) is -0.279. The minimum atomic E-state index is -0.526. The van der Waals surface area contributed by atoms with Crippen molar-refractivity contribution >= 4 is 23.8 Å². The van der Waals surface area contributed by atoms with Crippen molar-refractivity contribution in [1.29, 1.82) is 5.26 Å². The molecule has 1 N–H and O–H groups in total. The van der Waals surface area contributed by atoms with E-state index < -0.39 is 5.60 Å². The molecule has 2 aromatic carbocycles. The molecule has 0 spiro atoms. The van der Waals surface area contributed by atoms with E-state index in [2.05, 4.69) is 5.32 Å². The average Bonchev–Trinajstić information content (AvgIpc) is 2.70. The fraction of sp³-hybridized carbons (Fsp3) is 0.292. The lowest BCUT2D eigenvalue weighted by molar-refractivity contribution is -0.111. The Bertz CT molecular complexity index is 1030. The number of anilines is 1. The Morgan fingerprint density at radius 1 is 1.17 bits per heavy atom. The average molecular weight is 403 g/mol. The van der Waals surface area contributed by atoms with Crippen LogP contribution in [0.25, 0.3) is 6.08 Å². The molecule has 6 heteroatoms. The van der Waals surface area contributed by atoms with E-state index in [4.69, 9.17) is 10.00 Å². The van der Waals surface area contributed by atoms with Crippen LogP contribution in [0.15, 0.2) is 48.5 Å². The lowest BCUT2D eigenvalue weighted by Crippen LogP contribution is -2.39. The number of amides is 2. The van der Waals surface area contributed by atoms with Crippen LogP contribution >= 0.6 is 0 Å². The Morgan fingerprint density at radius 2 is 1.97 bits per heavy atom. The second kappa shape index (κ2) is 8.83. The third-order valence-electron chi connectivity index (χ3n) is 4.58. The normalized spacial score (nSPS) is 13.5. The van der Waals surface area contributed by atoms with Gasteiger partial charge in [0.1, 0.15) is 5.60 Å². The number of benzene rings is 2. The standard InChI is InChI=1S/C24H25N3O3/c1-24(2,3)30-23(29)27-12-11-19-9-7-17(13-20(19)16-27)8-10-22(28)26-21-6-4-5-18(14-21)15-25/h4-10,13-14H,11-12,16H2,1-3H3,(H,26,28)/b10-8+. The minimum absolute atomic E-state index is 0.279. The van der Waals surface area contributed by atoms with Gasteiger partial charge in [0.15, 0.2) is 0 Å². The zero-order chi connectivity index (χ0) is 21.7. The molecule has 0 aromatic heterocycles. The highest BCUT2D eigenvalue weighted by molar-refractivity contribution is 6.02. The molecule has 1 aliphatic heterocycles. The van der Waals surface area contributed by atoms with Gasteiger partial charge in [-0.05, 0) is 74.2 Å². The van der Waals surface area contributed by atoms with E-state index in [9.17, 15) is 9.59 Å². The molecule has 30 heavy (non-hydrogen) atoms. The fourth-order valence-corrected chi connectivity index (χ4v) is 3.19. The molecule has 0 bridgehead atoms. The first kappa shape index (κ1) is 21.1. The molecular formula is C24H25N3O3. The van der Waals surface area contributed by atoms with E-state index in [1.54, 1.807) is 35.2 Å². The molecular weight excluding hydrogens is 378 g/mol. The van der Waals surface area contributed by atoms with E-state index in [1.807, 2.05) is 45.0 Å². The van der Waals surface area contributed by atoms with Crippen LogP contribution in [0.1, 0.15) is 43.0 Å². The summed E-state index contributed by atoms with van der Waals surface area (Å²) in [6.45, 7) is 6.67. The van der Waals surface area contributed by atoms with Crippen LogP contribution in [0.4, 0.5) is 10.5 Å². The Labute approximate surface area is 176 Å². The minimum Gasteiger partial charge on any atom is -0.444 e. The smallest absolute Gasteiger partial charge is 0.410 e. The van der Waals surface area contributed by atoms with E-state index in [-0.39, 0.29) is 12.0 Å². The van der Waals surface area contributed by atoms with Gasteiger partial charge in [0.05, 0.1) is 11.6 Å². The van der Waals surface area contributed by atoms with Crippen molar-refractivity contribution in [3.8, 4) is 6.07 Å². The summed E-state index contributed by atoms with van der Waals surface area (Å²) in [5, 5.41) is 11.7. The van der Waals surface area contributed by atoms with Crippen molar-refractivity contribution in [2.45, 2.75) is 39.3 Å². The Hall–Kier alpha value is -3.59. The molecule has 154 valence electrons. The third kappa shape index (κ3) is 5.71. The number of nitrogens with one attached hydrogen (secondary N) is 1. The summed E-state index contributed by atoms with van der Waals surface area (Å²) in [5.41, 5.74) is 3.66. The Morgan fingerprint density at radius 3 is 2.70 bits per heavy atom. The highest BCUT2D eigenvalue weighted by atomic mass is 16.6. The summed E-state index contributed by atoms with van der Waals surface area (Å²) >= 11 is 0. The molecule has 0 radical (unpaired) electrons. The predicted molar refractivity (Wildman–Crippen MR) is 116 cm³/mol. The van der Waals surface area contributed by atoms with Crippen LogP contribution in [0.2, 0.25) is 0 Å². The monoisotopic (exact) mass is 403 g/mol. The molecule has 0 aliphatic carbocycles. The molecule has 3 rings (SSSR count). The maximum atomic E-state index is 12.4. The number of rotatable bonds is 3. The number of carbonyl (C=O) groups is 2. The first-order chi connectivity index (χ1) is 14.2. The molecule has 2 aromatic rings. The number of nitriles is 1. The topological polar surface area (TPSA) is 82.4 Å². The van der Waals surface area contributed by atoms with Crippen molar-refractivity contribution in [3.63, 3.8) is 0 Å². The van der Waals surface area contributed by atoms with Gasteiger partial charge in [-0.15, -0.1) is 0 Å². The van der Waals surface area contributed by atoms with Crippen LogP contribution in [0.3, 0.4) is 0 Å². The van der Waals surface area contributed by atoms with Crippen molar-refractivity contribution in [2.24, 2.45) is 0 Å². The zero-order valence-electron chi connectivity index (χ0n) is 17.4. The highest BCUT2D eigenvalue weighted by Gasteiger charge is 2.25. The SMILES string of the molecule is CC(C)(C)OC(=O)N1CCc2ccc(/C=C/C(=O)Nc3cccc(C#N)c3)cc2C1. The fourth-order valence-electron chi connectivity index (χ4n) is 3.19. The van der Waals surface area contributed by atoms with Crippen molar-refractivity contribution in [1.82, 2.24) is 4.90 Å². The van der Waals surface area contributed by atoms with Gasteiger partial charge in [-0.2, -0.15) is 5.26 Å². The zero-order valence-corrected chi connectivity index (χ0v) is 17.4. The van der Waals surface area contributed by atoms with E-state index >= 15 is 0 Å². The van der Waals surface area contributed by atoms with Crippen molar-refractivity contribution in [3.05, 3.63) is 70.8 Å². The first-order valence-electron chi connectivity index (χ1n) is 9.82. The van der Waals surface area contributed by atoms with Crippen LogP contribution in [0.5, 0.6) is 0 Å². The lowest BCUT2D eigenvalue weighted by Gasteiger charge is -2.31.